The number of hydrogen-bond acceptors (Lipinski definition) is 1. The minimum absolute atomic E-state index is 0.176. The summed E-state index contributed by atoms with van der Waals surface area (Å²) in [6, 6.07) is 0.434. The molecule has 0 fully saturated rings. The SMILES string of the molecule is C[Si](C)(Cl)CCCOCC(F)(F)C(F)(F)C(F)(F)C(F)F. The maximum atomic E-state index is 13.0. The van der Waals surface area contributed by atoms with Crippen molar-refractivity contribution >= 4 is 18.5 Å². The Bertz CT molecular complexity index is 332. The molecule has 0 heterocycles. The van der Waals surface area contributed by atoms with Crippen LogP contribution >= 0.6 is 11.1 Å². The van der Waals surface area contributed by atoms with Gasteiger partial charge in [-0.15, -0.1) is 0 Å². The first kappa shape index (κ1) is 20.9. The normalized spacial score (nSPS) is 14.9. The van der Waals surface area contributed by atoms with E-state index in [0.29, 0.717) is 6.04 Å². The Balaban J connectivity index is 4.55. The standard InChI is InChI=1S/C10H15ClF8OSi/c1-21(2,11)5-3-4-20-6-8(14,15)10(18,19)9(16,17)7(12)13/h7H,3-6H2,1-2H3. The molecule has 0 aliphatic heterocycles. The van der Waals surface area contributed by atoms with Crippen LogP contribution in [-0.2, 0) is 4.74 Å². The summed E-state index contributed by atoms with van der Waals surface area (Å²) >= 11 is 5.90. The third-order valence-corrected chi connectivity index (χ3v) is 4.60. The fourth-order valence-corrected chi connectivity index (χ4v) is 2.65. The van der Waals surface area contributed by atoms with Gasteiger partial charge in [-0.3, -0.25) is 0 Å². The highest BCUT2D eigenvalue weighted by Crippen LogP contribution is 2.48. The minimum Gasteiger partial charge on any atom is -0.375 e. The Labute approximate surface area is 122 Å². The summed E-state index contributed by atoms with van der Waals surface area (Å²) in [5, 5.41) is 0. The average Bonchev–Trinajstić information content (AvgIpc) is 2.25. The van der Waals surface area contributed by atoms with E-state index < -0.39 is 44.8 Å². The quantitative estimate of drug-likeness (QED) is 0.241. The van der Waals surface area contributed by atoms with Crippen LogP contribution < -0.4 is 0 Å². The van der Waals surface area contributed by atoms with E-state index in [4.69, 9.17) is 11.1 Å². The van der Waals surface area contributed by atoms with Gasteiger partial charge in [0, 0.05) is 6.61 Å². The second-order valence-electron chi connectivity index (χ2n) is 5.08. The molecule has 0 rings (SSSR count). The van der Waals surface area contributed by atoms with Crippen molar-refractivity contribution in [3.05, 3.63) is 0 Å². The zero-order valence-corrected chi connectivity index (χ0v) is 13.0. The van der Waals surface area contributed by atoms with Gasteiger partial charge in [-0.25, -0.2) is 8.78 Å². The van der Waals surface area contributed by atoms with Gasteiger partial charge < -0.3 is 4.74 Å². The van der Waals surface area contributed by atoms with E-state index in [0.717, 1.165) is 0 Å². The molecule has 0 saturated heterocycles. The van der Waals surface area contributed by atoms with Crippen molar-refractivity contribution < 1.29 is 39.9 Å². The molecule has 0 aromatic carbocycles. The lowest BCUT2D eigenvalue weighted by atomic mass is 10.1. The molecule has 11 heteroatoms. The molecule has 0 aliphatic carbocycles. The third-order valence-electron chi connectivity index (χ3n) is 2.50. The van der Waals surface area contributed by atoms with Gasteiger partial charge in [0.2, 0.25) is 0 Å². The molecule has 0 aromatic rings. The van der Waals surface area contributed by atoms with Crippen LogP contribution in [0.25, 0.3) is 0 Å². The molecule has 0 saturated carbocycles. The molecule has 128 valence electrons. The maximum Gasteiger partial charge on any atom is 0.380 e. The average molecular weight is 367 g/mol. The van der Waals surface area contributed by atoms with Gasteiger partial charge in [0.05, 0.1) is 0 Å². The largest absolute Gasteiger partial charge is 0.380 e. The zero-order chi connectivity index (χ0) is 17.1. The van der Waals surface area contributed by atoms with Gasteiger partial charge in [-0.1, -0.05) is 13.1 Å². The number of alkyl halides is 8. The molecule has 0 aromatic heterocycles. The lowest BCUT2D eigenvalue weighted by Gasteiger charge is -2.32. The van der Waals surface area contributed by atoms with E-state index >= 15 is 0 Å². The fourth-order valence-electron chi connectivity index (χ4n) is 1.27. The van der Waals surface area contributed by atoms with Crippen LogP contribution in [0.5, 0.6) is 0 Å². The van der Waals surface area contributed by atoms with Crippen molar-refractivity contribution in [2.45, 2.75) is 49.8 Å². The molecule has 0 atom stereocenters. The first-order valence-electron chi connectivity index (χ1n) is 5.83. The lowest BCUT2D eigenvalue weighted by molar-refractivity contribution is -0.345. The highest BCUT2D eigenvalue weighted by molar-refractivity contribution is 7.19. The molecule has 0 radical (unpaired) electrons. The van der Waals surface area contributed by atoms with Gasteiger partial charge in [0.25, 0.3) is 0 Å². The molecule has 0 spiro atoms. The second kappa shape index (κ2) is 6.99. The minimum atomic E-state index is -6.21. The molecule has 0 unspecified atom stereocenters. The van der Waals surface area contributed by atoms with E-state index in [9.17, 15) is 35.1 Å². The topological polar surface area (TPSA) is 9.23 Å². The summed E-state index contributed by atoms with van der Waals surface area (Å²) in [6.45, 7) is 1.02. The first-order chi connectivity index (χ1) is 9.15. The van der Waals surface area contributed by atoms with Crippen LogP contribution in [0.1, 0.15) is 6.42 Å². The lowest BCUT2D eigenvalue weighted by Crippen LogP contribution is -2.59. The first-order valence-corrected chi connectivity index (χ1v) is 10.1. The van der Waals surface area contributed by atoms with Gasteiger partial charge in [0.1, 0.15) is 6.61 Å². The Hall–Kier alpha value is -0.0931. The predicted molar refractivity (Wildman–Crippen MR) is 64.4 cm³/mol. The van der Waals surface area contributed by atoms with Crippen LogP contribution in [0.4, 0.5) is 35.1 Å². The predicted octanol–water partition coefficient (Wildman–Crippen LogP) is 5.01. The molecule has 1 nitrogen and oxygen atoms in total. The van der Waals surface area contributed by atoms with Crippen molar-refractivity contribution in [2.75, 3.05) is 13.2 Å². The van der Waals surface area contributed by atoms with E-state index in [1.807, 2.05) is 0 Å². The number of halogens is 9. The van der Waals surface area contributed by atoms with Crippen LogP contribution in [0.2, 0.25) is 19.1 Å². The summed E-state index contributed by atoms with van der Waals surface area (Å²) < 4.78 is 105. The molecule has 0 aliphatic rings. The van der Waals surface area contributed by atoms with E-state index in [2.05, 4.69) is 4.74 Å². The third kappa shape index (κ3) is 5.55. The number of rotatable bonds is 9. The highest BCUT2D eigenvalue weighted by atomic mass is 35.6. The monoisotopic (exact) mass is 366 g/mol. The van der Waals surface area contributed by atoms with Crippen molar-refractivity contribution in [3.63, 3.8) is 0 Å². The summed E-state index contributed by atoms with van der Waals surface area (Å²) in [7, 11) is -2.00. The van der Waals surface area contributed by atoms with Gasteiger partial charge in [-0.2, -0.15) is 37.4 Å². The Morgan fingerprint density at radius 1 is 1.05 bits per heavy atom. The molecule has 0 N–H and O–H groups in total. The van der Waals surface area contributed by atoms with E-state index in [1.165, 1.54) is 0 Å². The van der Waals surface area contributed by atoms with Crippen molar-refractivity contribution in [1.82, 2.24) is 0 Å². The van der Waals surface area contributed by atoms with Crippen molar-refractivity contribution in [1.29, 1.82) is 0 Å². The van der Waals surface area contributed by atoms with Crippen molar-refractivity contribution in [3.8, 4) is 0 Å². The zero-order valence-electron chi connectivity index (χ0n) is 11.2. The Morgan fingerprint density at radius 2 is 1.52 bits per heavy atom. The molecule has 0 amide bonds. The van der Waals surface area contributed by atoms with Gasteiger partial charge in [0.15, 0.2) is 7.38 Å². The van der Waals surface area contributed by atoms with Crippen LogP contribution in [0.3, 0.4) is 0 Å². The van der Waals surface area contributed by atoms with Gasteiger partial charge >= 0.3 is 24.2 Å². The fraction of sp³-hybridized carbons (Fsp3) is 1.00. The molecular weight excluding hydrogens is 352 g/mol. The Kier molecular flexibility index (Phi) is 6.96. The van der Waals surface area contributed by atoms with Crippen LogP contribution in [0.15, 0.2) is 0 Å². The van der Waals surface area contributed by atoms with Gasteiger partial charge in [-0.05, 0) is 12.5 Å². The smallest absolute Gasteiger partial charge is 0.375 e. The molecule has 21 heavy (non-hydrogen) atoms. The van der Waals surface area contributed by atoms with Crippen LogP contribution in [0, 0.1) is 0 Å². The summed E-state index contributed by atoms with van der Waals surface area (Å²) in [6.07, 6.45) is -4.74. The highest BCUT2D eigenvalue weighted by Gasteiger charge is 2.75. The van der Waals surface area contributed by atoms with Crippen molar-refractivity contribution in [2.24, 2.45) is 0 Å². The summed E-state index contributed by atoms with van der Waals surface area (Å²) in [4.78, 5) is 0. The maximum absolute atomic E-state index is 13.0. The van der Waals surface area contributed by atoms with E-state index in [1.54, 1.807) is 13.1 Å². The van der Waals surface area contributed by atoms with E-state index in [-0.39, 0.29) is 6.42 Å². The molecular formula is C10H15ClF8OSi. The Morgan fingerprint density at radius 3 is 1.90 bits per heavy atom. The molecule has 0 bridgehead atoms. The summed E-state index contributed by atoms with van der Waals surface area (Å²) in [5.74, 6) is -17.8. The number of hydrogen-bond donors (Lipinski definition) is 0. The number of ether oxygens (including phenoxy) is 1. The van der Waals surface area contributed by atoms with Crippen LogP contribution in [-0.4, -0.2) is 44.8 Å². The second-order valence-corrected chi connectivity index (χ2v) is 12.1. The summed E-state index contributed by atoms with van der Waals surface area (Å²) in [5.41, 5.74) is 0.